The van der Waals surface area contributed by atoms with Crippen molar-refractivity contribution in [3.63, 3.8) is 0 Å². The van der Waals surface area contributed by atoms with Crippen LogP contribution in [0.3, 0.4) is 0 Å². The summed E-state index contributed by atoms with van der Waals surface area (Å²) < 4.78 is 1.32. The smallest absolute Gasteiger partial charge is 0.0939 e. The van der Waals surface area contributed by atoms with Crippen LogP contribution in [0.5, 0.6) is 0 Å². The zero-order valence-electron chi connectivity index (χ0n) is 7.13. The van der Waals surface area contributed by atoms with Crippen LogP contribution in [0.1, 0.15) is 18.9 Å². The molecule has 0 aromatic carbocycles. The van der Waals surface area contributed by atoms with Crippen LogP contribution in [0.15, 0.2) is 10.4 Å². The first kappa shape index (κ1) is 9.07. The molecule has 0 unspecified atom stereocenters. The molecule has 0 saturated carbocycles. The summed E-state index contributed by atoms with van der Waals surface area (Å²) in [5.74, 6) is 0.718. The van der Waals surface area contributed by atoms with Crippen molar-refractivity contribution in [3.05, 3.63) is 11.2 Å². The lowest BCUT2D eigenvalue weighted by Gasteiger charge is -1.97. The van der Waals surface area contributed by atoms with Crippen molar-refractivity contribution in [1.29, 1.82) is 0 Å². The van der Waals surface area contributed by atoms with Gasteiger partial charge in [0.1, 0.15) is 0 Å². The number of rotatable bonds is 3. The highest BCUT2D eigenvalue weighted by Gasteiger charge is 2.02. The maximum atomic E-state index is 4.32. The molecule has 1 nitrogen and oxygen atoms in total. The summed E-state index contributed by atoms with van der Waals surface area (Å²) in [4.78, 5) is 4.32. The van der Waals surface area contributed by atoms with Crippen LogP contribution in [0.4, 0.5) is 0 Å². The van der Waals surface area contributed by atoms with Gasteiger partial charge in [-0.15, -0.1) is 23.1 Å². The normalized spacial score (nSPS) is 10.9. The summed E-state index contributed by atoms with van der Waals surface area (Å²) in [6.45, 7) is 4.44. The Labute approximate surface area is 76.2 Å². The third-order valence-corrected chi connectivity index (χ3v) is 3.39. The van der Waals surface area contributed by atoms with E-state index in [4.69, 9.17) is 0 Å². The van der Waals surface area contributed by atoms with E-state index in [1.807, 2.05) is 17.5 Å². The Morgan fingerprint density at radius 1 is 1.64 bits per heavy atom. The summed E-state index contributed by atoms with van der Waals surface area (Å²) in [6, 6.07) is 0. The highest BCUT2D eigenvalue weighted by molar-refractivity contribution is 8.00. The van der Waals surface area contributed by atoms with Crippen LogP contribution in [0.25, 0.3) is 0 Å². The van der Waals surface area contributed by atoms with E-state index in [1.54, 1.807) is 11.8 Å². The molecular weight excluding hydrogens is 174 g/mol. The molecule has 0 spiro atoms. The van der Waals surface area contributed by atoms with Gasteiger partial charge < -0.3 is 0 Å². The molecule has 1 rings (SSSR count). The van der Waals surface area contributed by atoms with Gasteiger partial charge >= 0.3 is 0 Å². The van der Waals surface area contributed by atoms with Gasteiger partial charge in [-0.05, 0) is 12.2 Å². The van der Waals surface area contributed by atoms with Gasteiger partial charge in [-0.25, -0.2) is 4.98 Å². The molecule has 0 aliphatic carbocycles. The average Bonchev–Trinajstić information content (AvgIpc) is 2.34. The molecule has 1 aromatic rings. The first-order chi connectivity index (χ1) is 5.22. The minimum Gasteiger partial charge on any atom is -0.248 e. The number of thiazole rings is 1. The van der Waals surface area contributed by atoms with Gasteiger partial charge in [-0.3, -0.25) is 0 Å². The first-order valence-corrected chi connectivity index (χ1v) is 5.75. The lowest BCUT2D eigenvalue weighted by Crippen LogP contribution is -1.91. The Kier molecular flexibility index (Phi) is 3.40. The van der Waals surface area contributed by atoms with Gasteiger partial charge in [0, 0.05) is 6.42 Å². The van der Waals surface area contributed by atoms with Gasteiger partial charge in [0.25, 0.3) is 0 Å². The van der Waals surface area contributed by atoms with E-state index in [9.17, 15) is 0 Å². The van der Waals surface area contributed by atoms with Crippen molar-refractivity contribution in [1.82, 2.24) is 4.98 Å². The highest BCUT2D eigenvalue weighted by Crippen LogP contribution is 2.23. The molecular formula is C8H13NS2. The average molecular weight is 187 g/mol. The van der Waals surface area contributed by atoms with Crippen molar-refractivity contribution >= 4 is 23.1 Å². The van der Waals surface area contributed by atoms with Gasteiger partial charge in [-0.2, -0.15) is 0 Å². The van der Waals surface area contributed by atoms with E-state index >= 15 is 0 Å². The largest absolute Gasteiger partial charge is 0.248 e. The van der Waals surface area contributed by atoms with E-state index in [-0.39, 0.29) is 0 Å². The van der Waals surface area contributed by atoms with E-state index in [2.05, 4.69) is 25.1 Å². The number of hydrogen-bond acceptors (Lipinski definition) is 3. The van der Waals surface area contributed by atoms with Crippen LogP contribution in [0.2, 0.25) is 0 Å². The van der Waals surface area contributed by atoms with Crippen molar-refractivity contribution < 1.29 is 0 Å². The van der Waals surface area contributed by atoms with Crippen molar-refractivity contribution in [2.45, 2.75) is 24.5 Å². The van der Waals surface area contributed by atoms with E-state index < -0.39 is 0 Å². The second kappa shape index (κ2) is 4.12. The molecule has 0 aliphatic rings. The molecule has 0 amide bonds. The number of nitrogens with zero attached hydrogens (tertiary/aromatic N) is 1. The third kappa shape index (κ3) is 2.83. The Balaban J connectivity index is 2.58. The Morgan fingerprint density at radius 3 is 2.82 bits per heavy atom. The molecule has 0 saturated heterocycles. The van der Waals surface area contributed by atoms with E-state index in [0.29, 0.717) is 0 Å². The topological polar surface area (TPSA) is 12.9 Å². The minimum atomic E-state index is 0.718. The predicted molar refractivity (Wildman–Crippen MR) is 52.4 cm³/mol. The molecule has 0 bridgehead atoms. The molecule has 1 aromatic heterocycles. The Hall–Kier alpha value is -0.0200. The highest BCUT2D eigenvalue weighted by atomic mass is 32.2. The molecule has 11 heavy (non-hydrogen) atoms. The zero-order chi connectivity index (χ0) is 8.27. The first-order valence-electron chi connectivity index (χ1n) is 3.71. The summed E-state index contributed by atoms with van der Waals surface area (Å²) >= 11 is 3.59. The van der Waals surface area contributed by atoms with Crippen LogP contribution < -0.4 is 0 Å². The Morgan fingerprint density at radius 2 is 2.36 bits per heavy atom. The van der Waals surface area contributed by atoms with E-state index in [1.165, 1.54) is 9.22 Å². The number of thioether (sulfide) groups is 1. The minimum absolute atomic E-state index is 0.718. The maximum absolute atomic E-state index is 4.32. The standard InChI is InChI=1S/C8H13NS2/c1-6(2)4-7-9-5-8(10-3)11-7/h5-6H,4H2,1-3H3. The van der Waals surface area contributed by atoms with E-state index in [0.717, 1.165) is 12.3 Å². The van der Waals surface area contributed by atoms with Crippen molar-refractivity contribution in [2.75, 3.05) is 6.26 Å². The third-order valence-electron chi connectivity index (χ3n) is 1.32. The molecule has 0 N–H and O–H groups in total. The maximum Gasteiger partial charge on any atom is 0.0939 e. The lowest BCUT2D eigenvalue weighted by molar-refractivity contribution is 0.644. The summed E-state index contributed by atoms with van der Waals surface area (Å²) in [6.07, 6.45) is 5.17. The van der Waals surface area contributed by atoms with Gasteiger partial charge in [0.2, 0.25) is 0 Å². The van der Waals surface area contributed by atoms with Gasteiger partial charge in [-0.1, -0.05) is 13.8 Å². The molecule has 3 heteroatoms. The van der Waals surface area contributed by atoms with Crippen molar-refractivity contribution in [3.8, 4) is 0 Å². The number of aromatic nitrogens is 1. The quantitative estimate of drug-likeness (QED) is 0.675. The molecule has 0 radical (unpaired) electrons. The predicted octanol–water partition coefficient (Wildman–Crippen LogP) is 3.06. The molecule has 0 fully saturated rings. The van der Waals surface area contributed by atoms with Crippen LogP contribution in [-0.4, -0.2) is 11.2 Å². The molecule has 62 valence electrons. The second-order valence-corrected chi connectivity index (χ2v) is 5.10. The van der Waals surface area contributed by atoms with Crippen LogP contribution in [-0.2, 0) is 6.42 Å². The molecule has 0 atom stereocenters. The zero-order valence-corrected chi connectivity index (χ0v) is 8.76. The van der Waals surface area contributed by atoms with Crippen molar-refractivity contribution in [2.24, 2.45) is 5.92 Å². The molecule has 0 aliphatic heterocycles. The molecule has 1 heterocycles. The summed E-state index contributed by atoms with van der Waals surface area (Å²) in [5.41, 5.74) is 0. The monoisotopic (exact) mass is 187 g/mol. The fourth-order valence-corrected chi connectivity index (χ4v) is 2.47. The second-order valence-electron chi connectivity index (χ2n) is 2.88. The van der Waals surface area contributed by atoms with Gasteiger partial charge in [0.15, 0.2) is 0 Å². The summed E-state index contributed by atoms with van der Waals surface area (Å²) in [7, 11) is 0. The van der Waals surface area contributed by atoms with Crippen LogP contribution >= 0.6 is 23.1 Å². The SMILES string of the molecule is CSc1cnc(CC(C)C)s1. The lowest BCUT2D eigenvalue weighted by atomic mass is 10.1. The fraction of sp³-hybridized carbons (Fsp3) is 0.625. The summed E-state index contributed by atoms with van der Waals surface area (Å²) in [5, 5.41) is 1.27. The Bertz CT molecular complexity index is 218. The number of hydrogen-bond donors (Lipinski definition) is 0. The fourth-order valence-electron chi connectivity index (χ4n) is 0.832. The van der Waals surface area contributed by atoms with Crippen LogP contribution in [0, 0.1) is 5.92 Å². The van der Waals surface area contributed by atoms with Gasteiger partial charge in [0.05, 0.1) is 15.4 Å².